The Labute approximate surface area is 63.1 Å². The third-order valence-electron chi connectivity index (χ3n) is 0.937. The number of primary amides is 1. The maximum absolute atomic E-state index is 10.2. The largest absolute Gasteiger partial charge is 0.370 e. The first-order valence-electron chi connectivity index (χ1n) is 2.58. The summed E-state index contributed by atoms with van der Waals surface area (Å²) in [5.74, 6) is -0.959. The van der Waals surface area contributed by atoms with Crippen LogP contribution in [0.15, 0.2) is 0 Å². The summed E-state index contributed by atoms with van der Waals surface area (Å²) in [5, 5.41) is -1.74. The smallest absolute Gasteiger partial charge is 0.275 e. The Hall–Kier alpha value is -0.950. The van der Waals surface area contributed by atoms with E-state index in [9.17, 15) is 18.0 Å². The maximum atomic E-state index is 10.2. The third-order valence-corrected chi connectivity index (χ3v) is 1.98. The van der Waals surface area contributed by atoms with E-state index in [0.717, 1.165) is 0 Å². The third kappa shape index (κ3) is 3.68. The summed E-state index contributed by atoms with van der Waals surface area (Å²) in [7, 11) is -4.48. The van der Waals surface area contributed by atoms with Crippen LogP contribution in [0.4, 0.5) is 0 Å². The Morgan fingerprint density at radius 1 is 1.64 bits per heavy atom. The fourth-order valence-corrected chi connectivity index (χ4v) is 0.937. The lowest BCUT2D eigenvalue weighted by Crippen LogP contribution is -2.28. The quantitative estimate of drug-likeness (QED) is 0.397. The summed E-state index contributed by atoms with van der Waals surface area (Å²) in [5.41, 5.74) is 4.59. The van der Waals surface area contributed by atoms with E-state index in [-0.39, 0.29) is 6.29 Å². The predicted molar refractivity (Wildman–Crippen MR) is 35.2 cm³/mol. The highest BCUT2D eigenvalue weighted by Gasteiger charge is 2.23. The Bertz CT molecular complexity index is 256. The van der Waals surface area contributed by atoms with Crippen LogP contribution in [0.5, 0.6) is 0 Å². The number of rotatable bonds is 4. The summed E-state index contributed by atoms with van der Waals surface area (Å²) >= 11 is 0. The van der Waals surface area contributed by atoms with Crippen molar-refractivity contribution >= 4 is 22.3 Å². The summed E-state index contributed by atoms with van der Waals surface area (Å²) in [6.07, 6.45) is -0.734. The highest BCUT2D eigenvalue weighted by Crippen LogP contribution is 1.99. The Balaban J connectivity index is 4.44. The molecular weight excluding hydrogens is 174 g/mol. The number of carbonyl (C=O) groups excluding carboxylic acids is 2. The van der Waals surface area contributed by atoms with E-state index in [1.807, 2.05) is 0 Å². The van der Waals surface area contributed by atoms with E-state index in [0.29, 0.717) is 0 Å². The molecule has 0 rings (SSSR count). The fraction of sp³-hybridized carbons (Fsp3) is 0.500. The van der Waals surface area contributed by atoms with Gasteiger partial charge in [0.2, 0.25) is 5.91 Å². The molecule has 0 saturated heterocycles. The molecule has 0 heterocycles. The highest BCUT2D eigenvalue weighted by molar-refractivity contribution is 7.87. The van der Waals surface area contributed by atoms with Crippen molar-refractivity contribution in [1.29, 1.82) is 0 Å². The number of nitrogens with two attached hydrogens (primary N) is 1. The average molecular weight is 181 g/mol. The summed E-state index contributed by atoms with van der Waals surface area (Å²) < 4.78 is 28.7. The number of aldehydes is 1. The molecule has 0 saturated carbocycles. The molecule has 0 bridgehead atoms. The molecule has 3 N–H and O–H groups in total. The van der Waals surface area contributed by atoms with Gasteiger partial charge < -0.3 is 10.5 Å². The molecule has 0 aromatic rings. The van der Waals surface area contributed by atoms with Crippen LogP contribution in [0.1, 0.15) is 6.42 Å². The predicted octanol–water partition coefficient (Wildman–Crippen LogP) is -1.68. The lowest BCUT2D eigenvalue weighted by molar-refractivity contribution is -0.119. The van der Waals surface area contributed by atoms with Crippen LogP contribution >= 0.6 is 0 Å². The Kier molecular flexibility index (Phi) is 3.15. The van der Waals surface area contributed by atoms with Gasteiger partial charge in [-0.1, -0.05) is 0 Å². The van der Waals surface area contributed by atoms with E-state index in [1.165, 1.54) is 0 Å². The Morgan fingerprint density at radius 2 is 2.09 bits per heavy atom. The zero-order valence-corrected chi connectivity index (χ0v) is 6.24. The van der Waals surface area contributed by atoms with Gasteiger partial charge >= 0.3 is 0 Å². The first-order chi connectivity index (χ1) is 4.88. The van der Waals surface area contributed by atoms with E-state index in [2.05, 4.69) is 5.73 Å². The summed E-state index contributed by atoms with van der Waals surface area (Å²) in [6, 6.07) is 0. The van der Waals surface area contributed by atoms with Gasteiger partial charge in [0.25, 0.3) is 10.1 Å². The fourth-order valence-electron chi connectivity index (χ4n) is 0.422. The molecule has 7 heteroatoms. The first kappa shape index (κ1) is 10.0. The van der Waals surface area contributed by atoms with Gasteiger partial charge in [-0.25, -0.2) is 0 Å². The molecular formula is C4H7NO5S. The standard InChI is InChI=1S/C4H7NO5S/c5-4(7)1-3(2-6)11(8,9)10/h2-3H,1H2,(H2,5,7)(H,8,9,10). The van der Waals surface area contributed by atoms with Gasteiger partial charge in [-0.2, -0.15) is 8.42 Å². The molecule has 0 aromatic heterocycles. The van der Waals surface area contributed by atoms with E-state index in [4.69, 9.17) is 4.55 Å². The minimum absolute atomic E-state index is 0.0416. The van der Waals surface area contributed by atoms with Gasteiger partial charge in [0.1, 0.15) is 6.29 Å². The molecule has 0 aliphatic rings. The average Bonchev–Trinajstić information content (AvgIpc) is 1.79. The monoisotopic (exact) mass is 181 g/mol. The molecule has 6 nitrogen and oxygen atoms in total. The zero-order chi connectivity index (χ0) is 9.07. The van der Waals surface area contributed by atoms with Gasteiger partial charge in [-0.3, -0.25) is 9.35 Å². The van der Waals surface area contributed by atoms with Crippen LogP contribution in [0, 0.1) is 0 Å². The summed E-state index contributed by atoms with van der Waals surface area (Å²) in [6.45, 7) is 0. The van der Waals surface area contributed by atoms with Crippen LogP contribution < -0.4 is 5.73 Å². The van der Waals surface area contributed by atoms with Crippen LogP contribution in [0.25, 0.3) is 0 Å². The van der Waals surface area contributed by atoms with E-state index < -0.39 is 27.7 Å². The molecule has 0 aliphatic heterocycles. The lowest BCUT2D eigenvalue weighted by atomic mass is 10.3. The molecule has 1 atom stereocenters. The highest BCUT2D eigenvalue weighted by atomic mass is 32.2. The molecule has 11 heavy (non-hydrogen) atoms. The zero-order valence-electron chi connectivity index (χ0n) is 5.43. The van der Waals surface area contributed by atoms with Gasteiger partial charge in [0.15, 0.2) is 5.25 Å². The number of hydrogen-bond donors (Lipinski definition) is 2. The van der Waals surface area contributed by atoms with Crippen molar-refractivity contribution < 1.29 is 22.6 Å². The number of carbonyl (C=O) groups is 2. The molecule has 1 amide bonds. The molecule has 0 aromatic carbocycles. The maximum Gasteiger partial charge on any atom is 0.275 e. The molecule has 0 aliphatic carbocycles. The summed E-state index contributed by atoms with van der Waals surface area (Å²) in [4.78, 5) is 20.0. The van der Waals surface area contributed by atoms with Crippen LogP contribution in [0.2, 0.25) is 0 Å². The first-order valence-corrected chi connectivity index (χ1v) is 4.08. The van der Waals surface area contributed by atoms with Crippen molar-refractivity contribution in [2.75, 3.05) is 0 Å². The van der Waals surface area contributed by atoms with Crippen LogP contribution in [0.3, 0.4) is 0 Å². The molecule has 64 valence electrons. The van der Waals surface area contributed by atoms with Crippen molar-refractivity contribution in [3.8, 4) is 0 Å². The van der Waals surface area contributed by atoms with Gasteiger partial charge in [0, 0.05) is 0 Å². The lowest BCUT2D eigenvalue weighted by Gasteiger charge is -2.01. The van der Waals surface area contributed by atoms with Gasteiger partial charge in [-0.15, -0.1) is 0 Å². The number of amides is 1. The van der Waals surface area contributed by atoms with Gasteiger partial charge in [-0.05, 0) is 0 Å². The van der Waals surface area contributed by atoms with Crippen LogP contribution in [-0.4, -0.2) is 30.4 Å². The van der Waals surface area contributed by atoms with Crippen LogP contribution in [-0.2, 0) is 19.7 Å². The van der Waals surface area contributed by atoms with E-state index in [1.54, 1.807) is 0 Å². The van der Waals surface area contributed by atoms with Crippen molar-refractivity contribution in [2.24, 2.45) is 5.73 Å². The minimum atomic E-state index is -4.48. The topological polar surface area (TPSA) is 115 Å². The van der Waals surface area contributed by atoms with Gasteiger partial charge in [0.05, 0.1) is 6.42 Å². The van der Waals surface area contributed by atoms with Crippen molar-refractivity contribution in [2.45, 2.75) is 11.7 Å². The minimum Gasteiger partial charge on any atom is -0.370 e. The second-order valence-corrected chi connectivity index (χ2v) is 3.50. The normalized spacial score (nSPS) is 13.9. The van der Waals surface area contributed by atoms with E-state index >= 15 is 0 Å². The second-order valence-electron chi connectivity index (χ2n) is 1.86. The second kappa shape index (κ2) is 3.44. The number of hydrogen-bond acceptors (Lipinski definition) is 4. The SMILES string of the molecule is NC(=O)CC(C=O)S(=O)(=O)O. The van der Waals surface area contributed by atoms with Crippen molar-refractivity contribution in [1.82, 2.24) is 0 Å². The molecule has 0 fully saturated rings. The Morgan fingerprint density at radius 3 is 2.18 bits per heavy atom. The molecule has 0 radical (unpaired) electrons. The van der Waals surface area contributed by atoms with Crippen molar-refractivity contribution in [3.05, 3.63) is 0 Å². The molecule has 1 unspecified atom stereocenters. The molecule has 0 spiro atoms. The van der Waals surface area contributed by atoms with Crippen molar-refractivity contribution in [3.63, 3.8) is 0 Å².